The molecule has 0 aromatic heterocycles. The number of esters is 1. The number of rotatable bonds is 6. The highest BCUT2D eigenvalue weighted by molar-refractivity contribution is 6.31. The number of methoxy groups -OCH3 is 1. The van der Waals surface area contributed by atoms with Gasteiger partial charge in [-0.3, -0.25) is 14.4 Å². The zero-order valence-electron chi connectivity index (χ0n) is 16.1. The maximum atomic E-state index is 12.4. The summed E-state index contributed by atoms with van der Waals surface area (Å²) in [6, 6.07) is 12.2. The summed E-state index contributed by atoms with van der Waals surface area (Å²) < 4.78 is 10.4. The van der Waals surface area contributed by atoms with Gasteiger partial charge in [0, 0.05) is 23.7 Å². The lowest BCUT2D eigenvalue weighted by Gasteiger charge is -2.19. The van der Waals surface area contributed by atoms with Crippen molar-refractivity contribution < 1.29 is 23.9 Å². The number of nitrogens with one attached hydrogen (secondary N) is 1. The fourth-order valence-electron chi connectivity index (χ4n) is 3.12. The molecule has 1 aliphatic heterocycles. The number of anilines is 2. The molecule has 0 radical (unpaired) electrons. The maximum absolute atomic E-state index is 12.4. The van der Waals surface area contributed by atoms with E-state index in [1.54, 1.807) is 42.5 Å². The molecule has 152 valence electrons. The van der Waals surface area contributed by atoms with E-state index in [4.69, 9.17) is 21.1 Å². The van der Waals surface area contributed by atoms with Gasteiger partial charge >= 0.3 is 5.97 Å². The molecule has 2 amide bonds. The molecule has 0 saturated carbocycles. The number of halogens is 1. The smallest absolute Gasteiger partial charge is 0.311 e. The van der Waals surface area contributed by atoms with Gasteiger partial charge in [0.15, 0.2) is 6.61 Å². The number of para-hydroxylation sites is 2. The van der Waals surface area contributed by atoms with E-state index in [0.29, 0.717) is 22.1 Å². The summed E-state index contributed by atoms with van der Waals surface area (Å²) >= 11 is 5.93. The van der Waals surface area contributed by atoms with Crippen LogP contribution < -0.4 is 15.0 Å². The van der Waals surface area contributed by atoms with E-state index < -0.39 is 24.4 Å². The Kier molecular flexibility index (Phi) is 6.39. The first kappa shape index (κ1) is 20.7. The number of hydrogen-bond acceptors (Lipinski definition) is 5. The van der Waals surface area contributed by atoms with Crippen LogP contribution in [0.3, 0.4) is 0 Å². The van der Waals surface area contributed by atoms with E-state index in [0.717, 1.165) is 5.56 Å². The second-order valence-electron chi connectivity index (χ2n) is 6.69. The van der Waals surface area contributed by atoms with E-state index in [2.05, 4.69) is 5.32 Å². The summed E-state index contributed by atoms with van der Waals surface area (Å²) in [7, 11) is 1.52. The van der Waals surface area contributed by atoms with E-state index in [-0.39, 0.29) is 18.9 Å². The van der Waals surface area contributed by atoms with Gasteiger partial charge in [0.05, 0.1) is 18.7 Å². The first-order valence-corrected chi connectivity index (χ1v) is 9.43. The molecule has 1 unspecified atom stereocenters. The molecule has 1 saturated heterocycles. The Labute approximate surface area is 173 Å². The Morgan fingerprint density at radius 3 is 2.76 bits per heavy atom. The molecular weight excluding hydrogens is 396 g/mol. The van der Waals surface area contributed by atoms with Gasteiger partial charge in [0.1, 0.15) is 5.75 Å². The van der Waals surface area contributed by atoms with Crippen LogP contribution in [0.1, 0.15) is 12.0 Å². The highest BCUT2D eigenvalue weighted by Gasteiger charge is 2.37. The molecule has 7 nitrogen and oxygen atoms in total. The second-order valence-corrected chi connectivity index (χ2v) is 7.13. The lowest BCUT2D eigenvalue weighted by Crippen LogP contribution is -2.28. The summed E-state index contributed by atoms with van der Waals surface area (Å²) in [4.78, 5) is 38.3. The van der Waals surface area contributed by atoms with E-state index >= 15 is 0 Å². The molecule has 1 heterocycles. The fraction of sp³-hybridized carbons (Fsp3) is 0.286. The molecule has 29 heavy (non-hydrogen) atoms. The summed E-state index contributed by atoms with van der Waals surface area (Å²) in [6.45, 7) is 1.56. The van der Waals surface area contributed by atoms with Crippen molar-refractivity contribution in [2.45, 2.75) is 13.3 Å². The summed E-state index contributed by atoms with van der Waals surface area (Å²) in [5.41, 5.74) is 1.99. The third-order valence-electron chi connectivity index (χ3n) is 4.65. The Morgan fingerprint density at radius 2 is 2.00 bits per heavy atom. The van der Waals surface area contributed by atoms with Gasteiger partial charge in [0.2, 0.25) is 5.91 Å². The number of amides is 2. The van der Waals surface area contributed by atoms with Crippen molar-refractivity contribution in [1.82, 2.24) is 0 Å². The zero-order valence-corrected chi connectivity index (χ0v) is 16.9. The number of carbonyl (C=O) groups excluding carboxylic acids is 3. The van der Waals surface area contributed by atoms with Gasteiger partial charge in [-0.1, -0.05) is 29.8 Å². The maximum Gasteiger partial charge on any atom is 0.311 e. The number of aryl methyl sites for hydroxylation is 1. The van der Waals surface area contributed by atoms with E-state index in [1.165, 1.54) is 12.0 Å². The molecule has 1 aliphatic rings. The van der Waals surface area contributed by atoms with Gasteiger partial charge in [-0.15, -0.1) is 0 Å². The summed E-state index contributed by atoms with van der Waals surface area (Å²) in [5, 5.41) is 3.15. The molecular formula is C21H21ClN2O5. The molecule has 2 aromatic carbocycles. The Hall–Kier alpha value is -3.06. The van der Waals surface area contributed by atoms with Crippen LogP contribution in [0.2, 0.25) is 5.02 Å². The standard InChI is InChI=1S/C21H21ClN2O5/c1-13-7-8-15(22)10-16(13)23-19(25)12-29-21(27)14-9-20(26)24(11-14)17-5-3-4-6-18(17)28-2/h3-8,10,14H,9,11-12H2,1-2H3,(H,23,25). The Bertz CT molecular complexity index is 946. The molecule has 8 heteroatoms. The molecule has 3 rings (SSSR count). The largest absolute Gasteiger partial charge is 0.495 e. The molecule has 1 N–H and O–H groups in total. The van der Waals surface area contributed by atoms with Crippen LogP contribution >= 0.6 is 11.6 Å². The number of carbonyl (C=O) groups is 3. The van der Waals surface area contributed by atoms with Crippen molar-refractivity contribution in [2.75, 3.05) is 30.5 Å². The number of hydrogen-bond donors (Lipinski definition) is 1. The van der Waals surface area contributed by atoms with Crippen LogP contribution in [0.4, 0.5) is 11.4 Å². The van der Waals surface area contributed by atoms with Crippen LogP contribution in [-0.4, -0.2) is 38.0 Å². The average Bonchev–Trinajstić information content (AvgIpc) is 3.10. The molecule has 1 atom stereocenters. The van der Waals surface area contributed by atoms with Crippen molar-refractivity contribution >= 4 is 40.8 Å². The monoisotopic (exact) mass is 416 g/mol. The topological polar surface area (TPSA) is 84.9 Å². The quantitative estimate of drug-likeness (QED) is 0.731. The first-order valence-electron chi connectivity index (χ1n) is 9.05. The molecule has 2 aromatic rings. The van der Waals surface area contributed by atoms with Crippen molar-refractivity contribution in [3.8, 4) is 5.75 Å². The van der Waals surface area contributed by atoms with Crippen LogP contribution in [0.15, 0.2) is 42.5 Å². The second kappa shape index (κ2) is 8.96. The lowest BCUT2D eigenvalue weighted by atomic mass is 10.1. The molecule has 1 fully saturated rings. The Balaban J connectivity index is 1.57. The minimum absolute atomic E-state index is 0.0197. The van der Waals surface area contributed by atoms with Gasteiger partial charge < -0.3 is 19.7 Å². The number of benzene rings is 2. The fourth-order valence-corrected chi connectivity index (χ4v) is 3.29. The zero-order chi connectivity index (χ0) is 21.0. The van der Waals surface area contributed by atoms with Crippen molar-refractivity contribution in [1.29, 1.82) is 0 Å². The Morgan fingerprint density at radius 1 is 1.24 bits per heavy atom. The van der Waals surface area contributed by atoms with Crippen LogP contribution in [0.25, 0.3) is 0 Å². The summed E-state index contributed by atoms with van der Waals surface area (Å²) in [6.07, 6.45) is 0.0197. The highest BCUT2D eigenvalue weighted by Crippen LogP contribution is 2.33. The van der Waals surface area contributed by atoms with Gasteiger partial charge in [-0.2, -0.15) is 0 Å². The normalized spacial score (nSPS) is 15.9. The lowest BCUT2D eigenvalue weighted by molar-refractivity contribution is -0.151. The van der Waals surface area contributed by atoms with Gasteiger partial charge in [0.25, 0.3) is 5.91 Å². The van der Waals surface area contributed by atoms with E-state index in [9.17, 15) is 14.4 Å². The third-order valence-corrected chi connectivity index (χ3v) is 4.89. The highest BCUT2D eigenvalue weighted by atomic mass is 35.5. The van der Waals surface area contributed by atoms with Crippen molar-refractivity contribution in [3.63, 3.8) is 0 Å². The summed E-state index contributed by atoms with van der Waals surface area (Å²) in [5.74, 6) is -1.36. The number of nitrogens with zero attached hydrogens (tertiary/aromatic N) is 1. The minimum atomic E-state index is -0.645. The van der Waals surface area contributed by atoms with Gasteiger partial charge in [-0.25, -0.2) is 0 Å². The number of ether oxygens (including phenoxy) is 2. The van der Waals surface area contributed by atoms with Crippen molar-refractivity contribution in [3.05, 3.63) is 53.1 Å². The molecule has 0 aliphatic carbocycles. The predicted octanol–water partition coefficient (Wildman–Crippen LogP) is 3.19. The first-order chi connectivity index (χ1) is 13.9. The van der Waals surface area contributed by atoms with E-state index in [1.807, 2.05) is 6.92 Å². The van der Waals surface area contributed by atoms with Crippen LogP contribution in [0, 0.1) is 12.8 Å². The van der Waals surface area contributed by atoms with Gasteiger partial charge in [-0.05, 0) is 36.8 Å². The molecule has 0 spiro atoms. The third kappa shape index (κ3) is 4.86. The predicted molar refractivity (Wildman–Crippen MR) is 109 cm³/mol. The van der Waals surface area contributed by atoms with Crippen LogP contribution in [0.5, 0.6) is 5.75 Å². The minimum Gasteiger partial charge on any atom is -0.495 e. The van der Waals surface area contributed by atoms with Crippen molar-refractivity contribution in [2.24, 2.45) is 5.92 Å². The SMILES string of the molecule is COc1ccccc1N1CC(C(=O)OCC(=O)Nc2cc(Cl)ccc2C)CC1=O. The average molecular weight is 417 g/mol. The molecule has 0 bridgehead atoms. The van der Waals surface area contributed by atoms with Crippen LogP contribution in [-0.2, 0) is 19.1 Å².